The lowest BCUT2D eigenvalue weighted by Crippen LogP contribution is -2.22. The van der Waals surface area contributed by atoms with E-state index in [1.165, 1.54) is 0 Å². The third-order valence-corrected chi connectivity index (χ3v) is 2.32. The fourth-order valence-corrected chi connectivity index (χ4v) is 1.43. The molecule has 1 unspecified atom stereocenters. The van der Waals surface area contributed by atoms with Crippen molar-refractivity contribution < 1.29 is 14.3 Å². The summed E-state index contributed by atoms with van der Waals surface area (Å²) in [7, 11) is 1.65. The second-order valence-electron chi connectivity index (χ2n) is 3.66. The molecule has 88 valence electrons. The van der Waals surface area contributed by atoms with Crippen LogP contribution >= 0.6 is 0 Å². The summed E-state index contributed by atoms with van der Waals surface area (Å²) in [5.74, 6) is 0.820. The van der Waals surface area contributed by atoms with Gasteiger partial charge in [0.15, 0.2) is 11.9 Å². The summed E-state index contributed by atoms with van der Waals surface area (Å²) >= 11 is 0. The van der Waals surface area contributed by atoms with Crippen LogP contribution < -0.4 is 4.74 Å². The van der Waals surface area contributed by atoms with Crippen molar-refractivity contribution in [2.45, 2.75) is 33.0 Å². The number of ether oxygens (including phenoxy) is 2. The van der Waals surface area contributed by atoms with E-state index in [9.17, 15) is 4.79 Å². The van der Waals surface area contributed by atoms with Crippen LogP contribution in [0.15, 0.2) is 24.3 Å². The van der Waals surface area contributed by atoms with Crippen molar-refractivity contribution in [2.24, 2.45) is 0 Å². The summed E-state index contributed by atoms with van der Waals surface area (Å²) in [6.07, 6.45) is 0.113. The highest BCUT2D eigenvalue weighted by atomic mass is 16.5. The van der Waals surface area contributed by atoms with Gasteiger partial charge in [0.2, 0.25) is 0 Å². The SMILES string of the molecule is CCC(=O)C(C)Oc1cccc(COC)c1. The molecule has 3 heteroatoms. The Morgan fingerprint density at radius 2 is 2.19 bits per heavy atom. The van der Waals surface area contributed by atoms with Crippen LogP contribution in [0.5, 0.6) is 5.75 Å². The molecule has 3 nitrogen and oxygen atoms in total. The molecule has 0 aliphatic carbocycles. The zero-order valence-electron chi connectivity index (χ0n) is 10.0. The normalized spacial score (nSPS) is 12.2. The second-order valence-corrected chi connectivity index (χ2v) is 3.66. The van der Waals surface area contributed by atoms with Gasteiger partial charge in [-0.1, -0.05) is 19.1 Å². The maximum atomic E-state index is 11.4. The molecule has 0 saturated heterocycles. The average Bonchev–Trinajstić information content (AvgIpc) is 2.29. The topological polar surface area (TPSA) is 35.5 Å². The molecule has 1 aromatic rings. The number of hydrogen-bond acceptors (Lipinski definition) is 3. The van der Waals surface area contributed by atoms with E-state index in [-0.39, 0.29) is 11.9 Å². The molecule has 0 heterocycles. The van der Waals surface area contributed by atoms with E-state index in [1.807, 2.05) is 31.2 Å². The van der Waals surface area contributed by atoms with Crippen molar-refractivity contribution in [1.29, 1.82) is 0 Å². The van der Waals surface area contributed by atoms with Crippen LogP contribution in [0.1, 0.15) is 25.8 Å². The Hall–Kier alpha value is -1.35. The molecule has 0 N–H and O–H groups in total. The summed E-state index contributed by atoms with van der Waals surface area (Å²) in [5, 5.41) is 0. The Balaban J connectivity index is 2.66. The van der Waals surface area contributed by atoms with E-state index < -0.39 is 0 Å². The van der Waals surface area contributed by atoms with Gasteiger partial charge in [-0.05, 0) is 24.6 Å². The van der Waals surface area contributed by atoms with Gasteiger partial charge in [-0.2, -0.15) is 0 Å². The average molecular weight is 222 g/mol. The lowest BCUT2D eigenvalue weighted by Gasteiger charge is -2.13. The fourth-order valence-electron chi connectivity index (χ4n) is 1.43. The van der Waals surface area contributed by atoms with E-state index in [0.717, 1.165) is 5.56 Å². The number of rotatable bonds is 6. The number of Topliss-reactive ketones (excluding diaryl/α,β-unsaturated/α-hetero) is 1. The number of benzene rings is 1. The molecule has 0 aliphatic rings. The highest BCUT2D eigenvalue weighted by Crippen LogP contribution is 2.16. The highest BCUT2D eigenvalue weighted by Gasteiger charge is 2.12. The maximum Gasteiger partial charge on any atom is 0.172 e. The standard InChI is InChI=1S/C13H18O3/c1-4-13(14)10(2)16-12-7-5-6-11(8-12)9-15-3/h5-8,10H,4,9H2,1-3H3. The Kier molecular flexibility index (Phi) is 4.99. The zero-order chi connectivity index (χ0) is 12.0. The molecular formula is C13H18O3. The van der Waals surface area contributed by atoms with E-state index in [2.05, 4.69) is 0 Å². The molecule has 0 saturated carbocycles. The first-order chi connectivity index (χ1) is 7.67. The number of carbonyl (C=O) groups is 1. The van der Waals surface area contributed by atoms with Gasteiger partial charge >= 0.3 is 0 Å². The van der Waals surface area contributed by atoms with Crippen LogP contribution in [0.4, 0.5) is 0 Å². The molecule has 1 rings (SSSR count). The minimum absolute atomic E-state index is 0.108. The van der Waals surface area contributed by atoms with Crippen LogP contribution in [-0.4, -0.2) is 19.0 Å². The van der Waals surface area contributed by atoms with Crippen LogP contribution in [0.2, 0.25) is 0 Å². The Morgan fingerprint density at radius 3 is 2.81 bits per heavy atom. The molecule has 0 bridgehead atoms. The Bertz CT molecular complexity index is 347. The molecule has 0 amide bonds. The van der Waals surface area contributed by atoms with Gasteiger partial charge in [0.25, 0.3) is 0 Å². The van der Waals surface area contributed by atoms with Crippen molar-refractivity contribution >= 4 is 5.78 Å². The van der Waals surface area contributed by atoms with E-state index in [1.54, 1.807) is 14.0 Å². The summed E-state index contributed by atoms with van der Waals surface area (Å²) < 4.78 is 10.6. The van der Waals surface area contributed by atoms with Gasteiger partial charge < -0.3 is 9.47 Å². The van der Waals surface area contributed by atoms with E-state index in [0.29, 0.717) is 18.8 Å². The van der Waals surface area contributed by atoms with Crippen molar-refractivity contribution in [2.75, 3.05) is 7.11 Å². The quantitative estimate of drug-likeness (QED) is 0.742. The summed E-state index contributed by atoms with van der Waals surface area (Å²) in [4.78, 5) is 11.4. The van der Waals surface area contributed by atoms with Crippen molar-refractivity contribution in [3.8, 4) is 5.75 Å². The first-order valence-electron chi connectivity index (χ1n) is 5.44. The van der Waals surface area contributed by atoms with Gasteiger partial charge in [-0.25, -0.2) is 0 Å². The van der Waals surface area contributed by atoms with Crippen molar-refractivity contribution in [3.05, 3.63) is 29.8 Å². The molecule has 0 spiro atoms. The number of methoxy groups -OCH3 is 1. The number of carbonyl (C=O) groups excluding carboxylic acids is 1. The maximum absolute atomic E-state index is 11.4. The third kappa shape index (κ3) is 3.66. The highest BCUT2D eigenvalue weighted by molar-refractivity contribution is 5.82. The Morgan fingerprint density at radius 1 is 1.44 bits per heavy atom. The van der Waals surface area contributed by atoms with Crippen molar-refractivity contribution in [3.63, 3.8) is 0 Å². The Labute approximate surface area is 96.4 Å². The smallest absolute Gasteiger partial charge is 0.172 e. The lowest BCUT2D eigenvalue weighted by atomic mass is 10.2. The molecule has 1 atom stereocenters. The molecule has 1 aromatic carbocycles. The van der Waals surface area contributed by atoms with Crippen LogP contribution in [0.25, 0.3) is 0 Å². The van der Waals surface area contributed by atoms with Gasteiger partial charge in [0.1, 0.15) is 5.75 Å². The number of ketones is 1. The van der Waals surface area contributed by atoms with Crippen LogP contribution in [0.3, 0.4) is 0 Å². The largest absolute Gasteiger partial charge is 0.483 e. The second kappa shape index (κ2) is 6.28. The van der Waals surface area contributed by atoms with E-state index in [4.69, 9.17) is 9.47 Å². The molecule has 0 aliphatic heterocycles. The number of hydrogen-bond donors (Lipinski definition) is 0. The zero-order valence-corrected chi connectivity index (χ0v) is 10.0. The predicted octanol–water partition coefficient (Wildman–Crippen LogP) is 2.58. The van der Waals surface area contributed by atoms with Crippen LogP contribution in [-0.2, 0) is 16.1 Å². The van der Waals surface area contributed by atoms with Crippen LogP contribution in [0, 0.1) is 0 Å². The van der Waals surface area contributed by atoms with Gasteiger partial charge in [0.05, 0.1) is 6.61 Å². The lowest BCUT2D eigenvalue weighted by molar-refractivity contribution is -0.124. The van der Waals surface area contributed by atoms with E-state index >= 15 is 0 Å². The molecule has 16 heavy (non-hydrogen) atoms. The first kappa shape index (κ1) is 12.7. The first-order valence-corrected chi connectivity index (χ1v) is 5.44. The third-order valence-electron chi connectivity index (χ3n) is 2.32. The molecule has 0 aromatic heterocycles. The van der Waals surface area contributed by atoms with Crippen molar-refractivity contribution in [1.82, 2.24) is 0 Å². The fraction of sp³-hybridized carbons (Fsp3) is 0.462. The minimum atomic E-state index is -0.386. The monoisotopic (exact) mass is 222 g/mol. The molecular weight excluding hydrogens is 204 g/mol. The summed E-state index contributed by atoms with van der Waals surface area (Å²) in [5.41, 5.74) is 1.04. The predicted molar refractivity (Wildman–Crippen MR) is 62.5 cm³/mol. The summed E-state index contributed by atoms with van der Waals surface area (Å²) in [6.45, 7) is 4.16. The minimum Gasteiger partial charge on any atom is -0.483 e. The summed E-state index contributed by atoms with van der Waals surface area (Å²) in [6, 6.07) is 7.59. The molecule has 0 fully saturated rings. The van der Waals surface area contributed by atoms with Gasteiger partial charge in [-0.15, -0.1) is 0 Å². The van der Waals surface area contributed by atoms with Gasteiger partial charge in [0, 0.05) is 13.5 Å². The van der Waals surface area contributed by atoms with Gasteiger partial charge in [-0.3, -0.25) is 4.79 Å². The molecule has 0 radical (unpaired) electrons.